The number of hydrogen-bond acceptors (Lipinski definition) is 2. The summed E-state index contributed by atoms with van der Waals surface area (Å²) >= 11 is 1.79. The van der Waals surface area contributed by atoms with Gasteiger partial charge in [0.2, 0.25) is 0 Å². The number of nitrogens with one attached hydrogen (secondary N) is 1. The molecule has 6 heteroatoms. The van der Waals surface area contributed by atoms with Gasteiger partial charge in [-0.25, -0.2) is 0 Å². The summed E-state index contributed by atoms with van der Waals surface area (Å²) in [5.74, 6) is 1.07. The molecule has 0 bridgehead atoms. The lowest BCUT2D eigenvalue weighted by molar-refractivity contribution is -0.141. The molecule has 0 saturated carbocycles. The Hall–Kier alpha value is -1.43. The Morgan fingerprint density at radius 2 is 1.86 bits per heavy atom. The van der Waals surface area contributed by atoms with E-state index in [2.05, 4.69) is 12.0 Å². The predicted octanol–water partition coefficient (Wildman–Crippen LogP) is 4.72. The number of aromatic amines is 1. The van der Waals surface area contributed by atoms with Crippen LogP contribution in [0.5, 0.6) is 0 Å². The van der Waals surface area contributed by atoms with Crippen LogP contribution >= 0.6 is 11.8 Å². The Morgan fingerprint density at radius 1 is 1.14 bits per heavy atom. The Kier molecular flexibility index (Phi) is 5.33. The molecule has 0 saturated heterocycles. The fourth-order valence-corrected chi connectivity index (χ4v) is 2.77. The topological polar surface area (TPSA) is 28.7 Å². The van der Waals surface area contributed by atoms with Crippen LogP contribution in [0, 0.1) is 0 Å². The maximum Gasteiger partial charge on any atom is 0.433 e. The molecule has 2 aromatic rings. The van der Waals surface area contributed by atoms with E-state index in [1.54, 1.807) is 11.8 Å². The first kappa shape index (κ1) is 15.9. The largest absolute Gasteiger partial charge is 0.433 e. The smallest absolute Gasteiger partial charge is 0.273 e. The molecule has 1 heterocycles. The summed E-state index contributed by atoms with van der Waals surface area (Å²) < 4.78 is 38.1. The molecule has 1 N–H and O–H groups in total. The van der Waals surface area contributed by atoms with Gasteiger partial charge in [-0.05, 0) is 42.7 Å². The van der Waals surface area contributed by atoms with Crippen LogP contribution in [-0.4, -0.2) is 16.0 Å². The van der Waals surface area contributed by atoms with Crippen molar-refractivity contribution >= 4 is 11.8 Å². The maximum atomic E-state index is 12.7. The van der Waals surface area contributed by atoms with Crippen molar-refractivity contribution in [1.82, 2.24) is 10.2 Å². The molecule has 0 atom stereocenters. The zero-order valence-corrected chi connectivity index (χ0v) is 12.5. The highest BCUT2D eigenvalue weighted by molar-refractivity contribution is 7.99. The minimum absolute atomic E-state index is 0.215. The molecular formula is C15H17F3N2S. The zero-order chi connectivity index (χ0) is 15.3. The molecular weight excluding hydrogens is 297 g/mol. The van der Waals surface area contributed by atoms with Gasteiger partial charge < -0.3 is 0 Å². The van der Waals surface area contributed by atoms with E-state index in [0.717, 1.165) is 17.7 Å². The van der Waals surface area contributed by atoms with Crippen molar-refractivity contribution in [2.75, 3.05) is 5.75 Å². The fraction of sp³-hybridized carbons (Fsp3) is 0.400. The molecule has 0 aliphatic rings. The highest BCUT2D eigenvalue weighted by Crippen LogP contribution is 2.30. The third-order valence-electron chi connectivity index (χ3n) is 3.08. The Balaban J connectivity index is 1.96. The van der Waals surface area contributed by atoms with E-state index in [1.165, 1.54) is 11.1 Å². The van der Waals surface area contributed by atoms with E-state index in [4.69, 9.17) is 0 Å². The van der Waals surface area contributed by atoms with Gasteiger partial charge >= 0.3 is 6.18 Å². The summed E-state index contributed by atoms with van der Waals surface area (Å²) in [5.41, 5.74) is 0.509. The number of H-pyrrole nitrogens is 1. The van der Waals surface area contributed by atoms with Gasteiger partial charge in [0, 0.05) is 10.5 Å². The van der Waals surface area contributed by atoms with Crippen LogP contribution in [0.3, 0.4) is 0 Å². The highest BCUT2D eigenvalue weighted by Gasteiger charge is 2.35. The van der Waals surface area contributed by atoms with Gasteiger partial charge in [0.25, 0.3) is 0 Å². The van der Waals surface area contributed by atoms with E-state index in [-0.39, 0.29) is 5.56 Å². The Bertz CT molecular complexity index is 561. The molecule has 114 valence electrons. The van der Waals surface area contributed by atoms with Crippen LogP contribution in [-0.2, 0) is 19.0 Å². The van der Waals surface area contributed by atoms with E-state index in [9.17, 15) is 13.2 Å². The van der Waals surface area contributed by atoms with Crippen LogP contribution < -0.4 is 0 Å². The van der Waals surface area contributed by atoms with Crippen LogP contribution in [0.15, 0.2) is 35.4 Å². The molecule has 21 heavy (non-hydrogen) atoms. The third kappa shape index (κ3) is 4.52. The van der Waals surface area contributed by atoms with Crippen LogP contribution in [0.1, 0.15) is 30.2 Å². The number of alkyl halides is 3. The van der Waals surface area contributed by atoms with Crippen LogP contribution in [0.2, 0.25) is 0 Å². The molecule has 1 aromatic carbocycles. The first-order chi connectivity index (χ1) is 10.0. The zero-order valence-electron chi connectivity index (χ0n) is 11.7. The first-order valence-electron chi connectivity index (χ1n) is 6.82. The van der Waals surface area contributed by atoms with Crippen LogP contribution in [0.25, 0.3) is 0 Å². The summed E-state index contributed by atoms with van der Waals surface area (Å²) in [4.78, 5) is 1.19. The van der Waals surface area contributed by atoms with Crippen molar-refractivity contribution in [2.45, 2.75) is 37.3 Å². The molecule has 2 rings (SSSR count). The summed E-state index contributed by atoms with van der Waals surface area (Å²) in [5, 5.41) is 5.54. The molecule has 0 fully saturated rings. The Labute approximate surface area is 126 Å². The van der Waals surface area contributed by atoms with Gasteiger partial charge in [-0.15, -0.1) is 11.8 Å². The number of rotatable bonds is 6. The number of aromatic nitrogens is 2. The van der Waals surface area contributed by atoms with Gasteiger partial charge in [0.05, 0.1) is 6.20 Å². The number of benzene rings is 1. The average molecular weight is 314 g/mol. The van der Waals surface area contributed by atoms with Crippen LogP contribution in [0.4, 0.5) is 13.2 Å². The van der Waals surface area contributed by atoms with Crippen molar-refractivity contribution in [2.24, 2.45) is 0 Å². The van der Waals surface area contributed by atoms with E-state index < -0.39 is 11.9 Å². The number of aryl methyl sites for hydroxylation is 2. The summed E-state index contributed by atoms with van der Waals surface area (Å²) in [6.45, 7) is 2.13. The first-order valence-corrected chi connectivity index (χ1v) is 7.80. The lowest BCUT2D eigenvalue weighted by atomic mass is 10.0. The van der Waals surface area contributed by atoms with Gasteiger partial charge in [-0.2, -0.15) is 18.3 Å². The molecule has 0 amide bonds. The normalized spacial score (nSPS) is 11.8. The van der Waals surface area contributed by atoms with Gasteiger partial charge in [-0.1, -0.05) is 19.1 Å². The number of hydrogen-bond donors (Lipinski definition) is 1. The SMILES string of the molecule is CCCSc1ccc(CCc2cn[nH]c2C(F)(F)F)cc1. The minimum Gasteiger partial charge on any atom is -0.273 e. The summed E-state index contributed by atoms with van der Waals surface area (Å²) in [6, 6.07) is 8.00. The summed E-state index contributed by atoms with van der Waals surface area (Å²) in [7, 11) is 0. The minimum atomic E-state index is -4.37. The van der Waals surface area contributed by atoms with E-state index in [0.29, 0.717) is 12.8 Å². The van der Waals surface area contributed by atoms with Crippen molar-refractivity contribution < 1.29 is 13.2 Å². The van der Waals surface area contributed by atoms with E-state index in [1.807, 2.05) is 29.4 Å². The monoisotopic (exact) mass is 314 g/mol. The average Bonchev–Trinajstić information content (AvgIpc) is 2.92. The second kappa shape index (κ2) is 7.02. The standard InChI is InChI=1S/C15H17F3N2S/c1-2-9-21-13-7-4-11(5-8-13)3-6-12-10-19-20-14(12)15(16,17)18/h4-5,7-8,10H,2-3,6,9H2,1H3,(H,19,20). The summed E-state index contributed by atoms with van der Waals surface area (Å²) in [6.07, 6.45) is -1.10. The second-order valence-electron chi connectivity index (χ2n) is 4.76. The molecule has 0 radical (unpaired) electrons. The van der Waals surface area contributed by atoms with Crippen molar-refractivity contribution in [1.29, 1.82) is 0 Å². The molecule has 0 aliphatic carbocycles. The molecule has 0 aliphatic heterocycles. The van der Waals surface area contributed by atoms with Gasteiger partial charge in [0.15, 0.2) is 0 Å². The highest BCUT2D eigenvalue weighted by atomic mass is 32.2. The van der Waals surface area contributed by atoms with Gasteiger partial charge in [0.1, 0.15) is 5.69 Å². The van der Waals surface area contributed by atoms with Crippen molar-refractivity contribution in [3.63, 3.8) is 0 Å². The Morgan fingerprint density at radius 3 is 2.48 bits per heavy atom. The molecule has 1 aromatic heterocycles. The molecule has 0 unspecified atom stereocenters. The molecule has 0 spiro atoms. The number of halogens is 3. The van der Waals surface area contributed by atoms with E-state index >= 15 is 0 Å². The van der Waals surface area contributed by atoms with Gasteiger partial charge in [-0.3, -0.25) is 5.10 Å². The maximum absolute atomic E-state index is 12.7. The lowest BCUT2D eigenvalue weighted by Gasteiger charge is -2.07. The predicted molar refractivity (Wildman–Crippen MR) is 78.5 cm³/mol. The van der Waals surface area contributed by atoms with Crippen molar-refractivity contribution in [3.8, 4) is 0 Å². The molecule has 2 nitrogen and oxygen atoms in total. The third-order valence-corrected chi connectivity index (χ3v) is 4.30. The second-order valence-corrected chi connectivity index (χ2v) is 5.93. The quantitative estimate of drug-likeness (QED) is 0.782. The number of nitrogens with zero attached hydrogens (tertiary/aromatic N) is 1. The number of thioether (sulfide) groups is 1. The lowest BCUT2D eigenvalue weighted by Crippen LogP contribution is -2.09. The van der Waals surface area contributed by atoms with Crippen molar-refractivity contribution in [3.05, 3.63) is 47.3 Å². The fourth-order valence-electron chi connectivity index (χ4n) is 2.00.